The first-order valence-electron chi connectivity index (χ1n) is 16.4. The van der Waals surface area contributed by atoms with Gasteiger partial charge in [0.2, 0.25) is 0 Å². The Bertz CT molecular complexity index is 3110. The largest absolute Gasteiger partial charge is 0.456 e. The molecule has 0 radical (unpaired) electrons. The highest BCUT2D eigenvalue weighted by Crippen LogP contribution is 2.43. The Morgan fingerprint density at radius 3 is 2.24 bits per heavy atom. The van der Waals surface area contributed by atoms with Crippen LogP contribution in [0, 0.1) is 0 Å². The van der Waals surface area contributed by atoms with Crippen LogP contribution in [0.25, 0.3) is 103 Å². The van der Waals surface area contributed by atoms with E-state index in [1.165, 1.54) is 37.3 Å². The smallest absolute Gasteiger partial charge is 0.161 e. The van der Waals surface area contributed by atoms with E-state index in [2.05, 4.69) is 138 Å². The van der Waals surface area contributed by atoms with Gasteiger partial charge in [-0.05, 0) is 53.2 Å². The second-order valence-corrected chi connectivity index (χ2v) is 13.6. The Labute approximate surface area is 284 Å². The third kappa shape index (κ3) is 3.85. The lowest BCUT2D eigenvalue weighted by Crippen LogP contribution is -1.95. The minimum absolute atomic E-state index is 0.692. The Morgan fingerprint density at radius 1 is 0.531 bits per heavy atom. The maximum Gasteiger partial charge on any atom is 0.161 e. The van der Waals surface area contributed by atoms with Crippen LogP contribution in [0.3, 0.4) is 0 Å². The summed E-state index contributed by atoms with van der Waals surface area (Å²) in [6, 6.07) is 53.5. The molecule has 0 unspecified atom stereocenters. The van der Waals surface area contributed by atoms with Crippen molar-refractivity contribution in [3.63, 3.8) is 0 Å². The number of fused-ring (bicyclic) bond motifs is 11. The van der Waals surface area contributed by atoms with Gasteiger partial charge in [0.05, 0.1) is 26.9 Å². The van der Waals surface area contributed by atoms with Crippen molar-refractivity contribution in [2.75, 3.05) is 0 Å². The van der Waals surface area contributed by atoms with Gasteiger partial charge in [-0.3, -0.25) is 0 Å². The molecular formula is C44H25N3OS. The zero-order valence-corrected chi connectivity index (χ0v) is 26.9. The van der Waals surface area contributed by atoms with Crippen molar-refractivity contribution in [3.8, 4) is 28.3 Å². The fraction of sp³-hybridized carbons (Fsp3) is 0. The average Bonchev–Trinajstić information content (AvgIpc) is 3.84. The monoisotopic (exact) mass is 643 g/mol. The van der Waals surface area contributed by atoms with Crippen LogP contribution >= 0.6 is 11.3 Å². The minimum atomic E-state index is 0.692. The van der Waals surface area contributed by atoms with Crippen molar-refractivity contribution in [3.05, 3.63) is 152 Å². The summed E-state index contributed by atoms with van der Waals surface area (Å²) in [7, 11) is 0. The number of rotatable bonds is 3. The summed E-state index contributed by atoms with van der Waals surface area (Å²) < 4.78 is 11.2. The summed E-state index contributed by atoms with van der Waals surface area (Å²) in [5, 5.41) is 8.21. The zero-order chi connectivity index (χ0) is 32.1. The Balaban J connectivity index is 1.20. The van der Waals surface area contributed by atoms with Crippen LogP contribution in [0.1, 0.15) is 0 Å². The number of benzene rings is 7. The zero-order valence-electron chi connectivity index (χ0n) is 26.1. The molecule has 0 spiro atoms. The molecule has 0 atom stereocenters. The van der Waals surface area contributed by atoms with Gasteiger partial charge in [0.15, 0.2) is 5.82 Å². The molecule has 11 aromatic rings. The number of furan rings is 1. The molecule has 4 nitrogen and oxygen atoms in total. The third-order valence-electron chi connectivity index (χ3n) is 9.81. The molecule has 11 rings (SSSR count). The van der Waals surface area contributed by atoms with Gasteiger partial charge in [-0.15, -0.1) is 11.3 Å². The van der Waals surface area contributed by atoms with Crippen LogP contribution in [-0.2, 0) is 0 Å². The summed E-state index contributed by atoms with van der Waals surface area (Å²) >= 11 is 1.75. The van der Waals surface area contributed by atoms with Crippen molar-refractivity contribution in [1.29, 1.82) is 0 Å². The van der Waals surface area contributed by atoms with Gasteiger partial charge in [0.25, 0.3) is 0 Å². The van der Waals surface area contributed by atoms with E-state index in [0.717, 1.165) is 60.0 Å². The van der Waals surface area contributed by atoms with Crippen LogP contribution in [0.5, 0.6) is 0 Å². The SMILES string of the molecule is c1ccc(-c2nc(-c3cccc4oc5ccc(-n6c7ccccc7c7c8ccccc8ccc76)cc5c34)nc3c2sc2ccccc23)cc1. The maximum absolute atomic E-state index is 6.51. The first kappa shape index (κ1) is 26.7. The fourth-order valence-corrected chi connectivity index (χ4v) is 8.81. The molecule has 0 aliphatic carbocycles. The number of hydrogen-bond donors (Lipinski definition) is 0. The van der Waals surface area contributed by atoms with Crippen LogP contribution in [-0.4, -0.2) is 14.5 Å². The topological polar surface area (TPSA) is 43.9 Å². The quantitative estimate of drug-likeness (QED) is 0.192. The van der Waals surface area contributed by atoms with E-state index < -0.39 is 0 Å². The molecule has 0 amide bonds. The van der Waals surface area contributed by atoms with Crippen LogP contribution < -0.4 is 0 Å². The van der Waals surface area contributed by atoms with Crippen LogP contribution in [0.15, 0.2) is 156 Å². The van der Waals surface area contributed by atoms with Crippen molar-refractivity contribution < 1.29 is 4.42 Å². The number of thiophene rings is 1. The van der Waals surface area contributed by atoms with Gasteiger partial charge >= 0.3 is 0 Å². The first-order valence-corrected chi connectivity index (χ1v) is 17.2. The Hall–Kier alpha value is -6.30. The van der Waals surface area contributed by atoms with Gasteiger partial charge < -0.3 is 8.98 Å². The summed E-state index contributed by atoms with van der Waals surface area (Å²) in [4.78, 5) is 10.6. The predicted molar refractivity (Wildman–Crippen MR) is 205 cm³/mol. The standard InChI is InChI=1S/C44H25N3OS/c1-2-12-27(13-3-1)41-43-42(31-16-7-9-20-38(31)49-43)46-44(45-41)32-17-10-19-37-40(32)33-25-28(22-24-36(33)48-37)47-34-18-8-6-15-30(34)39-29-14-5-4-11-26(29)21-23-35(39)47/h1-25H. The number of para-hydroxylation sites is 1. The minimum Gasteiger partial charge on any atom is -0.456 e. The number of nitrogens with zero attached hydrogens (tertiary/aromatic N) is 3. The van der Waals surface area contributed by atoms with Gasteiger partial charge in [0, 0.05) is 48.4 Å². The van der Waals surface area contributed by atoms with E-state index >= 15 is 0 Å². The summed E-state index contributed by atoms with van der Waals surface area (Å²) in [5.74, 6) is 0.692. The molecule has 0 aliphatic rings. The molecule has 0 aliphatic heterocycles. The van der Waals surface area contributed by atoms with Crippen LogP contribution in [0.4, 0.5) is 0 Å². The molecule has 7 aromatic carbocycles. The molecule has 0 saturated heterocycles. The van der Waals surface area contributed by atoms with E-state index in [1.54, 1.807) is 11.3 Å². The first-order chi connectivity index (χ1) is 24.3. The second kappa shape index (κ2) is 10.1. The molecule has 0 bridgehead atoms. The van der Waals surface area contributed by atoms with Crippen molar-refractivity contribution in [2.45, 2.75) is 0 Å². The highest BCUT2D eigenvalue weighted by molar-refractivity contribution is 7.26. The highest BCUT2D eigenvalue weighted by Gasteiger charge is 2.21. The molecular weight excluding hydrogens is 619 g/mol. The normalized spacial score (nSPS) is 12.1. The second-order valence-electron chi connectivity index (χ2n) is 12.5. The van der Waals surface area contributed by atoms with Gasteiger partial charge in [0.1, 0.15) is 11.2 Å². The Kier molecular flexibility index (Phi) is 5.51. The highest BCUT2D eigenvalue weighted by atomic mass is 32.1. The van der Waals surface area contributed by atoms with Gasteiger partial charge in [-0.2, -0.15) is 0 Å². The van der Waals surface area contributed by atoms with Crippen molar-refractivity contribution in [2.24, 2.45) is 0 Å². The Morgan fingerprint density at radius 2 is 1.33 bits per heavy atom. The van der Waals surface area contributed by atoms with E-state index in [1.807, 2.05) is 18.2 Å². The fourth-order valence-electron chi connectivity index (χ4n) is 7.66. The summed E-state index contributed by atoms with van der Waals surface area (Å²) in [5.41, 5.74) is 9.04. The maximum atomic E-state index is 6.51. The lowest BCUT2D eigenvalue weighted by Gasteiger charge is -2.10. The molecule has 0 N–H and O–H groups in total. The van der Waals surface area contributed by atoms with Gasteiger partial charge in [-0.1, -0.05) is 109 Å². The molecule has 4 heterocycles. The van der Waals surface area contributed by atoms with Crippen molar-refractivity contribution >= 4 is 86.2 Å². The predicted octanol–water partition coefficient (Wildman–Crippen LogP) is 12.3. The summed E-state index contributed by atoms with van der Waals surface area (Å²) in [6.45, 7) is 0. The third-order valence-corrected chi connectivity index (χ3v) is 11.0. The van der Waals surface area contributed by atoms with Crippen LogP contribution in [0.2, 0.25) is 0 Å². The van der Waals surface area contributed by atoms with E-state index in [-0.39, 0.29) is 0 Å². The molecule has 0 fully saturated rings. The molecule has 4 aromatic heterocycles. The molecule has 5 heteroatoms. The summed E-state index contributed by atoms with van der Waals surface area (Å²) in [6.07, 6.45) is 0. The molecule has 228 valence electrons. The van der Waals surface area contributed by atoms with Crippen molar-refractivity contribution in [1.82, 2.24) is 14.5 Å². The van der Waals surface area contributed by atoms with E-state index in [0.29, 0.717) is 5.82 Å². The lowest BCUT2D eigenvalue weighted by atomic mass is 10.0. The van der Waals surface area contributed by atoms with E-state index in [4.69, 9.17) is 14.4 Å². The van der Waals surface area contributed by atoms with Gasteiger partial charge in [-0.25, -0.2) is 9.97 Å². The average molecular weight is 644 g/mol. The van der Waals surface area contributed by atoms with E-state index in [9.17, 15) is 0 Å². The number of hydrogen-bond acceptors (Lipinski definition) is 4. The lowest BCUT2D eigenvalue weighted by molar-refractivity contribution is 0.669. The number of aromatic nitrogens is 3. The molecule has 0 saturated carbocycles. The molecule has 49 heavy (non-hydrogen) atoms.